The van der Waals surface area contributed by atoms with Crippen LogP contribution < -0.4 is 5.32 Å². The molecule has 1 aromatic heterocycles. The topological polar surface area (TPSA) is 76.5 Å². The molecule has 0 aromatic carbocycles. The van der Waals surface area contributed by atoms with Crippen LogP contribution in [-0.4, -0.2) is 52.8 Å². The van der Waals surface area contributed by atoms with Crippen molar-refractivity contribution in [3.8, 4) is 0 Å². The zero-order valence-electron chi connectivity index (χ0n) is 12.5. The number of rotatable bonds is 3. The van der Waals surface area contributed by atoms with E-state index in [2.05, 4.69) is 10.4 Å². The number of aryl methyl sites for hydroxylation is 1. The van der Waals surface area contributed by atoms with Gasteiger partial charge in [0, 0.05) is 26.7 Å². The van der Waals surface area contributed by atoms with E-state index < -0.39 is 5.41 Å². The summed E-state index contributed by atoms with van der Waals surface area (Å²) < 4.78 is 6.87. The first-order valence-corrected chi connectivity index (χ1v) is 7.05. The van der Waals surface area contributed by atoms with Crippen molar-refractivity contribution in [2.75, 3.05) is 20.3 Å². The first-order chi connectivity index (χ1) is 9.92. The summed E-state index contributed by atoms with van der Waals surface area (Å²) >= 11 is 0. The van der Waals surface area contributed by atoms with Gasteiger partial charge in [-0.15, -0.1) is 0 Å². The highest BCUT2D eigenvalue weighted by Crippen LogP contribution is 2.33. The molecule has 1 N–H and O–H groups in total. The highest BCUT2D eigenvalue weighted by atomic mass is 16.5. The van der Waals surface area contributed by atoms with Crippen molar-refractivity contribution < 1.29 is 14.3 Å². The second-order valence-corrected chi connectivity index (χ2v) is 6.17. The summed E-state index contributed by atoms with van der Waals surface area (Å²) in [5.41, 5.74) is 0.449. The monoisotopic (exact) mass is 292 g/mol. The zero-order chi connectivity index (χ0) is 15.2. The lowest BCUT2D eigenvalue weighted by Gasteiger charge is -2.37. The summed E-state index contributed by atoms with van der Waals surface area (Å²) in [5, 5.41) is 7.18. The number of aromatic nitrogens is 2. The Morgan fingerprint density at radius 2 is 2.19 bits per heavy atom. The molecule has 0 spiro atoms. The minimum Gasteiger partial charge on any atom is -0.379 e. The van der Waals surface area contributed by atoms with E-state index in [9.17, 15) is 9.59 Å². The normalized spacial score (nSPS) is 27.6. The van der Waals surface area contributed by atoms with E-state index in [4.69, 9.17) is 4.74 Å². The Morgan fingerprint density at radius 1 is 1.48 bits per heavy atom. The molecule has 0 unspecified atom stereocenters. The van der Waals surface area contributed by atoms with E-state index in [0.717, 1.165) is 5.69 Å². The van der Waals surface area contributed by atoms with E-state index in [-0.39, 0.29) is 23.9 Å². The van der Waals surface area contributed by atoms with Crippen molar-refractivity contribution in [3.63, 3.8) is 0 Å². The molecule has 0 bridgehead atoms. The number of likely N-dealkylation sites (N-methyl/N-ethyl adjacent to an activating group) is 1. The predicted octanol–water partition coefficient (Wildman–Crippen LogP) is -0.155. The first kappa shape index (κ1) is 14.1. The maximum absolute atomic E-state index is 12.4. The van der Waals surface area contributed by atoms with Crippen molar-refractivity contribution in [3.05, 3.63) is 18.0 Å². The average molecular weight is 292 g/mol. The number of nitrogens with one attached hydrogen (secondary N) is 1. The first-order valence-electron chi connectivity index (χ1n) is 7.05. The molecule has 1 aromatic rings. The molecule has 2 atom stereocenters. The number of hydrogen-bond acceptors (Lipinski definition) is 4. The van der Waals surface area contributed by atoms with E-state index in [1.807, 2.05) is 20.0 Å². The molecule has 2 aliphatic heterocycles. The van der Waals surface area contributed by atoms with Gasteiger partial charge in [0.05, 0.1) is 36.4 Å². The van der Waals surface area contributed by atoms with Gasteiger partial charge in [0.15, 0.2) is 0 Å². The molecule has 3 rings (SSSR count). The van der Waals surface area contributed by atoms with Crippen LogP contribution in [0.1, 0.15) is 25.1 Å². The molecule has 7 nitrogen and oxygen atoms in total. The number of carbonyl (C=O) groups is 2. The number of ether oxygens (including phenoxy) is 1. The quantitative estimate of drug-likeness (QED) is 0.840. The van der Waals surface area contributed by atoms with Crippen LogP contribution >= 0.6 is 0 Å². The molecule has 0 aliphatic carbocycles. The van der Waals surface area contributed by atoms with Crippen LogP contribution in [-0.2, 0) is 21.4 Å². The van der Waals surface area contributed by atoms with E-state index in [1.165, 1.54) is 0 Å². The maximum Gasteiger partial charge on any atom is 0.230 e. The van der Waals surface area contributed by atoms with Crippen molar-refractivity contribution in [1.82, 2.24) is 20.0 Å². The number of amides is 2. The van der Waals surface area contributed by atoms with Crippen LogP contribution in [0.2, 0.25) is 0 Å². The number of carbonyl (C=O) groups excluding carboxylic acids is 2. The van der Waals surface area contributed by atoms with Gasteiger partial charge in [-0.25, -0.2) is 0 Å². The third kappa shape index (κ3) is 2.21. The Kier molecular flexibility index (Phi) is 3.24. The van der Waals surface area contributed by atoms with Gasteiger partial charge in [-0.3, -0.25) is 14.3 Å². The van der Waals surface area contributed by atoms with Crippen molar-refractivity contribution >= 4 is 11.8 Å². The molecule has 2 saturated heterocycles. The Morgan fingerprint density at radius 3 is 2.71 bits per heavy atom. The van der Waals surface area contributed by atoms with E-state index in [0.29, 0.717) is 19.6 Å². The number of hydrogen-bond donors (Lipinski definition) is 1. The summed E-state index contributed by atoms with van der Waals surface area (Å²) in [6.45, 7) is 2.75. The smallest absolute Gasteiger partial charge is 0.230 e. The minimum absolute atomic E-state index is 0.0292. The van der Waals surface area contributed by atoms with Crippen LogP contribution in [0.25, 0.3) is 0 Å². The lowest BCUT2D eigenvalue weighted by Crippen LogP contribution is -2.55. The second kappa shape index (κ2) is 4.84. The zero-order valence-corrected chi connectivity index (χ0v) is 12.5. The van der Waals surface area contributed by atoms with Gasteiger partial charge in [-0.1, -0.05) is 0 Å². The van der Waals surface area contributed by atoms with Gasteiger partial charge >= 0.3 is 0 Å². The fourth-order valence-corrected chi connectivity index (χ4v) is 2.96. The van der Waals surface area contributed by atoms with Gasteiger partial charge in [-0.2, -0.15) is 5.10 Å². The fraction of sp³-hybridized carbons (Fsp3) is 0.643. The number of nitrogens with zero attached hydrogens (tertiary/aromatic N) is 3. The molecule has 2 amide bonds. The summed E-state index contributed by atoms with van der Waals surface area (Å²) in [7, 11) is 3.60. The molecule has 2 aliphatic rings. The van der Waals surface area contributed by atoms with Gasteiger partial charge in [-0.05, 0) is 13.0 Å². The summed E-state index contributed by atoms with van der Waals surface area (Å²) in [5.74, 6) is -0.0180. The highest BCUT2D eigenvalue weighted by molar-refractivity contribution is 5.86. The van der Waals surface area contributed by atoms with Crippen LogP contribution in [0.5, 0.6) is 0 Å². The van der Waals surface area contributed by atoms with Gasteiger partial charge in [0.2, 0.25) is 11.8 Å². The Balaban J connectivity index is 1.81. The van der Waals surface area contributed by atoms with Crippen LogP contribution in [0.3, 0.4) is 0 Å². The Bertz CT molecular complexity index is 579. The summed E-state index contributed by atoms with van der Waals surface area (Å²) in [4.78, 5) is 26.1. The van der Waals surface area contributed by atoms with Crippen molar-refractivity contribution in [1.29, 1.82) is 0 Å². The Hall–Kier alpha value is -1.89. The molecule has 0 saturated carbocycles. The van der Waals surface area contributed by atoms with Gasteiger partial charge in [0.25, 0.3) is 0 Å². The highest BCUT2D eigenvalue weighted by Gasteiger charge is 2.46. The third-order valence-corrected chi connectivity index (χ3v) is 4.45. The third-order valence-electron chi connectivity index (χ3n) is 4.45. The summed E-state index contributed by atoms with van der Waals surface area (Å²) in [6.07, 6.45) is 2.01. The largest absolute Gasteiger partial charge is 0.379 e. The van der Waals surface area contributed by atoms with Gasteiger partial charge in [0.1, 0.15) is 0 Å². The molecule has 3 heterocycles. The lowest BCUT2D eigenvalue weighted by molar-refractivity contribution is -0.158. The molecular formula is C14H20N4O3. The molecule has 0 radical (unpaired) electrons. The second-order valence-electron chi connectivity index (χ2n) is 6.17. The predicted molar refractivity (Wildman–Crippen MR) is 74.2 cm³/mol. The number of likely N-dealkylation sites (tertiary alicyclic amines) is 1. The van der Waals surface area contributed by atoms with Crippen LogP contribution in [0.15, 0.2) is 12.3 Å². The molecule has 114 valence electrons. The Labute approximate surface area is 123 Å². The van der Waals surface area contributed by atoms with Crippen LogP contribution in [0, 0.1) is 5.41 Å². The van der Waals surface area contributed by atoms with Crippen molar-refractivity contribution in [2.45, 2.75) is 25.4 Å². The lowest BCUT2D eigenvalue weighted by atomic mass is 9.87. The van der Waals surface area contributed by atoms with Crippen molar-refractivity contribution in [2.24, 2.45) is 12.5 Å². The molecule has 7 heteroatoms. The fourth-order valence-electron chi connectivity index (χ4n) is 2.96. The SMILES string of the molecule is CN1C(=O)C[C@@H](NC(=O)C2(C)COC2)[C@@H]1c1ccnn1C. The maximum atomic E-state index is 12.4. The van der Waals surface area contributed by atoms with E-state index >= 15 is 0 Å². The van der Waals surface area contributed by atoms with Crippen LogP contribution in [0.4, 0.5) is 0 Å². The average Bonchev–Trinajstić information content (AvgIpc) is 2.92. The molecule has 2 fully saturated rings. The standard InChI is InChI=1S/C14H20N4O3/c1-14(7-21-8-14)13(20)16-9-6-11(19)17(2)12(9)10-4-5-15-18(10)3/h4-5,9,12H,6-8H2,1-3H3,(H,16,20)/t9-,12-/m1/s1. The summed E-state index contributed by atoms with van der Waals surface area (Å²) in [6, 6.07) is 1.47. The van der Waals surface area contributed by atoms with Gasteiger partial charge < -0.3 is 15.0 Å². The molecule has 21 heavy (non-hydrogen) atoms. The minimum atomic E-state index is -0.471. The molecular weight excluding hydrogens is 272 g/mol. The van der Waals surface area contributed by atoms with E-state index in [1.54, 1.807) is 22.8 Å².